The van der Waals surface area contributed by atoms with Crippen LogP contribution in [0.5, 0.6) is 0 Å². The second-order valence-corrected chi connectivity index (χ2v) is 7.61. The van der Waals surface area contributed by atoms with Crippen molar-refractivity contribution < 1.29 is 8.42 Å². The van der Waals surface area contributed by atoms with E-state index in [0.29, 0.717) is 35.9 Å². The summed E-state index contributed by atoms with van der Waals surface area (Å²) >= 11 is 0. The monoisotopic (exact) mass is 335 g/mol. The van der Waals surface area contributed by atoms with Crippen LogP contribution in [0.2, 0.25) is 0 Å². The van der Waals surface area contributed by atoms with E-state index in [1.165, 1.54) is 9.87 Å². The molecule has 0 bridgehead atoms. The van der Waals surface area contributed by atoms with Gasteiger partial charge in [0.05, 0.1) is 17.9 Å². The lowest BCUT2D eigenvalue weighted by Gasteiger charge is -2.18. The molecule has 0 aliphatic heterocycles. The van der Waals surface area contributed by atoms with Gasteiger partial charge in [-0.2, -0.15) is 9.40 Å². The number of rotatable bonds is 6. The highest BCUT2D eigenvalue weighted by Crippen LogP contribution is 2.24. The van der Waals surface area contributed by atoms with Gasteiger partial charge in [0.15, 0.2) is 0 Å². The zero-order valence-corrected chi connectivity index (χ0v) is 15.3. The molecule has 6 heteroatoms. The molecule has 0 atom stereocenters. The first-order chi connectivity index (χ1) is 10.8. The average Bonchev–Trinajstić information content (AvgIpc) is 2.74. The van der Waals surface area contributed by atoms with Gasteiger partial charge in [0.2, 0.25) is 10.0 Å². The number of aryl methyl sites for hydroxylation is 2. The van der Waals surface area contributed by atoms with Crippen LogP contribution in [0.25, 0.3) is 0 Å². The third-order valence-electron chi connectivity index (χ3n) is 4.03. The Bertz CT molecular complexity index is 790. The van der Waals surface area contributed by atoms with Crippen LogP contribution in [0, 0.1) is 20.8 Å². The van der Waals surface area contributed by atoms with Gasteiger partial charge < -0.3 is 0 Å². The molecule has 0 unspecified atom stereocenters. The molecule has 0 N–H and O–H groups in total. The number of aromatic nitrogens is 2. The van der Waals surface area contributed by atoms with Gasteiger partial charge in [-0.3, -0.25) is 4.68 Å². The third-order valence-corrected chi connectivity index (χ3v) is 6.34. The minimum absolute atomic E-state index is 0.342. The predicted octanol–water partition coefficient (Wildman–Crippen LogP) is 2.89. The van der Waals surface area contributed by atoms with E-state index in [2.05, 4.69) is 11.2 Å². The number of nitrogens with zero attached hydrogens (tertiary/aromatic N) is 3. The number of hydrogen-bond donors (Lipinski definition) is 0. The Morgan fingerprint density at radius 1 is 1.13 bits per heavy atom. The number of benzene rings is 1. The molecule has 0 amide bonds. The first kappa shape index (κ1) is 17.7. The fraction of sp³-hybridized carbons (Fsp3) is 0.471. The molecule has 2 rings (SSSR count). The molecule has 2 aromatic rings. The molecule has 23 heavy (non-hydrogen) atoms. The minimum Gasteiger partial charge on any atom is -0.264 e. The smallest absolute Gasteiger partial charge is 0.246 e. The first-order valence-corrected chi connectivity index (χ1v) is 9.35. The van der Waals surface area contributed by atoms with Crippen molar-refractivity contribution in [1.29, 1.82) is 0 Å². The van der Waals surface area contributed by atoms with Crippen molar-refractivity contribution in [2.24, 2.45) is 0 Å². The molecule has 0 radical (unpaired) electrons. The highest BCUT2D eigenvalue weighted by Gasteiger charge is 2.29. The van der Waals surface area contributed by atoms with Crippen LogP contribution in [0.15, 0.2) is 29.2 Å². The zero-order valence-electron chi connectivity index (χ0n) is 14.5. The molecule has 0 fully saturated rings. The summed E-state index contributed by atoms with van der Waals surface area (Å²) in [6, 6.07) is 8.17. The van der Waals surface area contributed by atoms with Crippen molar-refractivity contribution in [3.63, 3.8) is 0 Å². The van der Waals surface area contributed by atoms with Crippen molar-refractivity contribution in [3.8, 4) is 0 Å². The molecule has 0 spiro atoms. The summed E-state index contributed by atoms with van der Waals surface area (Å²) in [6.45, 7) is 10.8. The summed E-state index contributed by atoms with van der Waals surface area (Å²) in [5.41, 5.74) is 3.54. The van der Waals surface area contributed by atoms with E-state index in [-0.39, 0.29) is 0 Å². The Morgan fingerprint density at radius 3 is 2.35 bits per heavy atom. The standard InChI is InChI=1S/C17H25N3O2S/c1-6-19(7-2)23(21,22)17-14(4)18-20(15(17)5)12-16-10-8-9-13(3)11-16/h8-11H,6-7,12H2,1-5H3. The molecule has 0 saturated carbocycles. The molecule has 0 saturated heterocycles. The van der Waals surface area contributed by atoms with Gasteiger partial charge in [-0.05, 0) is 26.3 Å². The van der Waals surface area contributed by atoms with Crippen molar-refractivity contribution in [2.75, 3.05) is 13.1 Å². The summed E-state index contributed by atoms with van der Waals surface area (Å²) in [6.07, 6.45) is 0. The van der Waals surface area contributed by atoms with E-state index in [1.54, 1.807) is 11.6 Å². The molecular formula is C17H25N3O2S. The fourth-order valence-electron chi connectivity index (χ4n) is 2.88. The average molecular weight is 335 g/mol. The van der Waals surface area contributed by atoms with Gasteiger partial charge in [0.25, 0.3) is 0 Å². The lowest BCUT2D eigenvalue weighted by molar-refractivity contribution is 0.444. The van der Waals surface area contributed by atoms with Crippen LogP contribution in [0.3, 0.4) is 0 Å². The van der Waals surface area contributed by atoms with Gasteiger partial charge in [-0.25, -0.2) is 8.42 Å². The van der Waals surface area contributed by atoms with Gasteiger partial charge in [0.1, 0.15) is 4.90 Å². The van der Waals surface area contributed by atoms with Gasteiger partial charge in [-0.1, -0.05) is 43.7 Å². The van der Waals surface area contributed by atoms with Gasteiger partial charge in [0, 0.05) is 13.1 Å². The minimum atomic E-state index is -3.49. The van der Waals surface area contributed by atoms with Gasteiger partial charge in [-0.15, -0.1) is 0 Å². The molecule has 1 aromatic heterocycles. The highest BCUT2D eigenvalue weighted by molar-refractivity contribution is 7.89. The van der Waals surface area contributed by atoms with Crippen LogP contribution in [0.1, 0.15) is 36.4 Å². The fourth-order valence-corrected chi connectivity index (χ4v) is 4.71. The summed E-state index contributed by atoms with van der Waals surface area (Å²) < 4.78 is 28.9. The molecule has 1 heterocycles. The van der Waals surface area contributed by atoms with E-state index in [4.69, 9.17) is 0 Å². The quantitative estimate of drug-likeness (QED) is 0.815. The zero-order chi connectivity index (χ0) is 17.2. The summed E-state index contributed by atoms with van der Waals surface area (Å²) in [5.74, 6) is 0. The van der Waals surface area contributed by atoms with E-state index in [9.17, 15) is 8.42 Å². The highest BCUT2D eigenvalue weighted by atomic mass is 32.2. The first-order valence-electron chi connectivity index (χ1n) is 7.91. The van der Waals surface area contributed by atoms with Crippen molar-refractivity contribution in [3.05, 3.63) is 46.8 Å². The predicted molar refractivity (Wildman–Crippen MR) is 92.1 cm³/mol. The van der Waals surface area contributed by atoms with Crippen LogP contribution < -0.4 is 0 Å². The van der Waals surface area contributed by atoms with Crippen molar-refractivity contribution >= 4 is 10.0 Å². The van der Waals surface area contributed by atoms with E-state index < -0.39 is 10.0 Å². The largest absolute Gasteiger partial charge is 0.264 e. The molecule has 126 valence electrons. The van der Waals surface area contributed by atoms with Crippen LogP contribution in [0.4, 0.5) is 0 Å². The van der Waals surface area contributed by atoms with Crippen LogP contribution in [-0.2, 0) is 16.6 Å². The lowest BCUT2D eigenvalue weighted by Crippen LogP contribution is -2.31. The Labute approximate surface area is 139 Å². The van der Waals surface area contributed by atoms with Gasteiger partial charge >= 0.3 is 0 Å². The Morgan fingerprint density at radius 2 is 1.78 bits per heavy atom. The second kappa shape index (κ2) is 6.84. The molecule has 5 nitrogen and oxygen atoms in total. The lowest BCUT2D eigenvalue weighted by atomic mass is 10.1. The van der Waals surface area contributed by atoms with E-state index >= 15 is 0 Å². The summed E-state index contributed by atoms with van der Waals surface area (Å²) in [7, 11) is -3.49. The SMILES string of the molecule is CCN(CC)S(=O)(=O)c1c(C)nn(Cc2cccc(C)c2)c1C. The Hall–Kier alpha value is -1.66. The Balaban J connectivity index is 2.44. The van der Waals surface area contributed by atoms with Crippen molar-refractivity contribution in [2.45, 2.75) is 46.1 Å². The van der Waals surface area contributed by atoms with E-state index in [0.717, 1.165) is 5.56 Å². The summed E-state index contributed by atoms with van der Waals surface area (Å²) in [5, 5.41) is 4.46. The molecule has 0 aliphatic carbocycles. The summed E-state index contributed by atoms with van der Waals surface area (Å²) in [4.78, 5) is 0.342. The second-order valence-electron chi connectivity index (χ2n) is 5.74. The van der Waals surface area contributed by atoms with Crippen LogP contribution in [-0.4, -0.2) is 35.6 Å². The number of sulfonamides is 1. The molecule has 0 aliphatic rings. The normalized spacial score (nSPS) is 12.1. The Kier molecular flexibility index (Phi) is 5.26. The van der Waals surface area contributed by atoms with E-state index in [1.807, 2.05) is 45.9 Å². The van der Waals surface area contributed by atoms with Crippen molar-refractivity contribution in [1.82, 2.24) is 14.1 Å². The maximum Gasteiger partial charge on any atom is 0.246 e. The van der Waals surface area contributed by atoms with Crippen LogP contribution >= 0.6 is 0 Å². The third kappa shape index (κ3) is 3.48. The number of hydrogen-bond acceptors (Lipinski definition) is 3. The molecular weight excluding hydrogens is 310 g/mol. The topological polar surface area (TPSA) is 55.2 Å². The maximum absolute atomic E-state index is 12.8. The molecule has 1 aromatic carbocycles. The maximum atomic E-state index is 12.8.